The van der Waals surface area contributed by atoms with Gasteiger partial charge in [0.05, 0.1) is 16.9 Å². The Kier molecular flexibility index (Phi) is 3.30. The Morgan fingerprint density at radius 2 is 2.36 bits per heavy atom. The molecule has 0 bridgehead atoms. The molecule has 0 amide bonds. The molecule has 0 atom stereocenters. The van der Waals surface area contributed by atoms with Crippen LogP contribution in [0.25, 0.3) is 0 Å². The number of hydrogen-bond donors (Lipinski definition) is 1. The zero-order valence-corrected chi connectivity index (χ0v) is 9.31. The van der Waals surface area contributed by atoms with Gasteiger partial charge in [-0.3, -0.25) is 0 Å². The minimum Gasteiger partial charge on any atom is -0.381 e. The molecular weight excluding hydrogens is 192 g/mol. The Hall–Kier alpha value is -0.700. The molecule has 1 aliphatic rings. The van der Waals surface area contributed by atoms with Crippen molar-refractivity contribution in [1.82, 2.24) is 4.98 Å². The van der Waals surface area contributed by atoms with Crippen LogP contribution in [0.4, 0.5) is 5.69 Å². The number of hydrogen-bond acceptors (Lipinski definition) is 3. The van der Waals surface area contributed by atoms with E-state index in [0.29, 0.717) is 6.04 Å². The van der Waals surface area contributed by atoms with E-state index in [1.807, 2.05) is 6.20 Å². The summed E-state index contributed by atoms with van der Waals surface area (Å²) < 4.78 is 0. The molecule has 0 spiro atoms. The van der Waals surface area contributed by atoms with E-state index in [-0.39, 0.29) is 0 Å². The highest BCUT2D eigenvalue weighted by Crippen LogP contribution is 2.23. The monoisotopic (exact) mass is 208 g/mol. The Morgan fingerprint density at radius 1 is 1.50 bits per heavy atom. The van der Waals surface area contributed by atoms with Gasteiger partial charge >= 0.3 is 0 Å². The molecule has 0 saturated heterocycles. The van der Waals surface area contributed by atoms with Gasteiger partial charge in [0.25, 0.3) is 0 Å². The van der Waals surface area contributed by atoms with E-state index in [2.05, 4.69) is 29.4 Å². The van der Waals surface area contributed by atoms with Crippen LogP contribution in [0.3, 0.4) is 0 Å². The molecule has 0 aromatic carbocycles. The molecule has 1 aromatic heterocycles. The summed E-state index contributed by atoms with van der Waals surface area (Å²) >= 11 is 1.78. The predicted molar refractivity (Wildman–Crippen MR) is 61.9 cm³/mol. The molecule has 0 radical (unpaired) electrons. The largest absolute Gasteiger partial charge is 0.381 e. The lowest BCUT2D eigenvalue weighted by Gasteiger charge is -2.27. The summed E-state index contributed by atoms with van der Waals surface area (Å²) in [5, 5.41) is 4.59. The average Bonchev–Trinajstić information content (AvgIpc) is 2.14. The Balaban J connectivity index is 1.91. The van der Waals surface area contributed by atoms with Crippen LogP contribution in [0.2, 0.25) is 0 Å². The molecule has 0 aliphatic heterocycles. The van der Waals surface area contributed by atoms with Gasteiger partial charge in [-0.1, -0.05) is 6.92 Å². The fourth-order valence-corrected chi connectivity index (χ4v) is 2.07. The first kappa shape index (κ1) is 9.84. The van der Waals surface area contributed by atoms with Crippen LogP contribution in [0, 0.1) is 0 Å². The van der Waals surface area contributed by atoms with Crippen molar-refractivity contribution >= 4 is 17.4 Å². The predicted octanol–water partition coefficient (Wildman–Crippen LogP) is 3.16. The lowest BCUT2D eigenvalue weighted by atomic mass is 9.93. The minimum atomic E-state index is 0.696. The summed E-state index contributed by atoms with van der Waals surface area (Å²) in [5.41, 5.74) is 1.16. The number of anilines is 1. The standard InChI is InChI=1S/C11H16N2S/c1-2-14-11-7-6-10(8-12-11)13-9-4-3-5-9/h6-9,13H,2-5H2,1H3. The van der Waals surface area contributed by atoms with Crippen molar-refractivity contribution < 1.29 is 0 Å². The van der Waals surface area contributed by atoms with E-state index >= 15 is 0 Å². The van der Waals surface area contributed by atoms with Crippen LogP contribution in [0.5, 0.6) is 0 Å². The second kappa shape index (κ2) is 4.69. The Bertz CT molecular complexity index is 280. The van der Waals surface area contributed by atoms with Crippen LogP contribution in [-0.4, -0.2) is 16.8 Å². The molecule has 1 fully saturated rings. The maximum absolute atomic E-state index is 4.38. The maximum atomic E-state index is 4.38. The molecule has 76 valence electrons. The van der Waals surface area contributed by atoms with E-state index in [4.69, 9.17) is 0 Å². The number of aromatic nitrogens is 1. The van der Waals surface area contributed by atoms with Crippen molar-refractivity contribution in [2.75, 3.05) is 11.1 Å². The normalized spacial score (nSPS) is 16.4. The SMILES string of the molecule is CCSc1ccc(NC2CCC2)cn1. The zero-order chi connectivity index (χ0) is 9.80. The highest BCUT2D eigenvalue weighted by molar-refractivity contribution is 7.99. The summed E-state index contributed by atoms with van der Waals surface area (Å²) in [6, 6.07) is 4.92. The summed E-state index contributed by atoms with van der Waals surface area (Å²) in [7, 11) is 0. The van der Waals surface area contributed by atoms with Gasteiger partial charge in [0, 0.05) is 6.04 Å². The van der Waals surface area contributed by atoms with Crippen LogP contribution < -0.4 is 5.32 Å². The summed E-state index contributed by atoms with van der Waals surface area (Å²) in [6.45, 7) is 2.15. The number of thioether (sulfide) groups is 1. The van der Waals surface area contributed by atoms with Gasteiger partial charge in [-0.2, -0.15) is 0 Å². The third-order valence-corrected chi connectivity index (χ3v) is 3.33. The van der Waals surface area contributed by atoms with E-state index in [9.17, 15) is 0 Å². The van der Waals surface area contributed by atoms with Crippen LogP contribution >= 0.6 is 11.8 Å². The summed E-state index contributed by atoms with van der Waals surface area (Å²) in [6.07, 6.45) is 5.93. The Labute approximate surface area is 89.5 Å². The second-order valence-electron chi connectivity index (χ2n) is 3.59. The molecule has 14 heavy (non-hydrogen) atoms. The highest BCUT2D eigenvalue weighted by atomic mass is 32.2. The molecule has 1 heterocycles. The Morgan fingerprint density at radius 3 is 2.86 bits per heavy atom. The van der Waals surface area contributed by atoms with Gasteiger partial charge < -0.3 is 5.32 Å². The van der Waals surface area contributed by atoms with Gasteiger partial charge in [0.2, 0.25) is 0 Å². The van der Waals surface area contributed by atoms with Crippen LogP contribution in [0.1, 0.15) is 26.2 Å². The highest BCUT2D eigenvalue weighted by Gasteiger charge is 2.16. The smallest absolute Gasteiger partial charge is 0.0961 e. The molecule has 1 aliphatic carbocycles. The third-order valence-electron chi connectivity index (χ3n) is 2.50. The summed E-state index contributed by atoms with van der Waals surface area (Å²) in [4.78, 5) is 4.38. The van der Waals surface area contributed by atoms with E-state index in [1.54, 1.807) is 11.8 Å². The van der Waals surface area contributed by atoms with Gasteiger partial charge in [-0.15, -0.1) is 11.8 Å². The van der Waals surface area contributed by atoms with Gasteiger partial charge in [0.15, 0.2) is 0 Å². The lowest BCUT2D eigenvalue weighted by molar-refractivity contribution is 0.445. The first-order chi connectivity index (χ1) is 6.88. The number of rotatable bonds is 4. The van der Waals surface area contributed by atoms with Gasteiger partial charge in [-0.25, -0.2) is 4.98 Å². The van der Waals surface area contributed by atoms with E-state index in [1.165, 1.54) is 19.3 Å². The number of pyridine rings is 1. The first-order valence-electron chi connectivity index (χ1n) is 5.24. The van der Waals surface area contributed by atoms with Crippen molar-refractivity contribution in [2.24, 2.45) is 0 Å². The van der Waals surface area contributed by atoms with Crippen molar-refractivity contribution in [2.45, 2.75) is 37.3 Å². The molecular formula is C11H16N2S. The van der Waals surface area contributed by atoms with Gasteiger partial charge in [-0.05, 0) is 37.1 Å². The van der Waals surface area contributed by atoms with Crippen molar-refractivity contribution in [3.63, 3.8) is 0 Å². The quantitative estimate of drug-likeness (QED) is 0.769. The fraction of sp³-hybridized carbons (Fsp3) is 0.545. The molecule has 3 heteroatoms. The number of nitrogens with zero attached hydrogens (tertiary/aromatic N) is 1. The second-order valence-corrected chi connectivity index (χ2v) is 4.87. The molecule has 1 saturated carbocycles. The van der Waals surface area contributed by atoms with Crippen LogP contribution in [0.15, 0.2) is 23.4 Å². The average molecular weight is 208 g/mol. The van der Waals surface area contributed by atoms with E-state index < -0.39 is 0 Å². The minimum absolute atomic E-state index is 0.696. The van der Waals surface area contributed by atoms with Crippen molar-refractivity contribution in [3.8, 4) is 0 Å². The lowest BCUT2D eigenvalue weighted by Crippen LogP contribution is -2.26. The van der Waals surface area contributed by atoms with Crippen LogP contribution in [-0.2, 0) is 0 Å². The molecule has 2 nitrogen and oxygen atoms in total. The summed E-state index contributed by atoms with van der Waals surface area (Å²) in [5.74, 6) is 1.09. The molecule has 2 rings (SSSR count). The third kappa shape index (κ3) is 2.41. The molecule has 1 aromatic rings. The van der Waals surface area contributed by atoms with Gasteiger partial charge in [0.1, 0.15) is 0 Å². The first-order valence-corrected chi connectivity index (χ1v) is 6.22. The van der Waals surface area contributed by atoms with Crippen molar-refractivity contribution in [1.29, 1.82) is 0 Å². The maximum Gasteiger partial charge on any atom is 0.0961 e. The fourth-order valence-electron chi connectivity index (χ4n) is 1.49. The molecule has 0 unspecified atom stereocenters. The van der Waals surface area contributed by atoms with E-state index in [0.717, 1.165) is 16.5 Å². The number of nitrogens with one attached hydrogen (secondary N) is 1. The topological polar surface area (TPSA) is 24.9 Å². The van der Waals surface area contributed by atoms with Crippen molar-refractivity contribution in [3.05, 3.63) is 18.3 Å². The zero-order valence-electron chi connectivity index (χ0n) is 8.49. The molecule has 1 N–H and O–H groups in total.